The van der Waals surface area contributed by atoms with Gasteiger partial charge in [0.05, 0.1) is 18.2 Å². The van der Waals surface area contributed by atoms with Crippen molar-refractivity contribution in [2.24, 2.45) is 5.92 Å². The summed E-state index contributed by atoms with van der Waals surface area (Å²) < 4.78 is 5.68. The third kappa shape index (κ3) is 2.49. The number of nitriles is 1. The first-order valence-electron chi connectivity index (χ1n) is 6.74. The molecule has 0 bridgehead atoms. The van der Waals surface area contributed by atoms with Gasteiger partial charge in [0, 0.05) is 12.6 Å². The lowest BCUT2D eigenvalue weighted by molar-refractivity contribution is 0.247. The normalized spacial score (nSPS) is 25.5. The molecule has 2 fully saturated rings. The van der Waals surface area contributed by atoms with E-state index >= 15 is 0 Å². The molecule has 3 nitrogen and oxygen atoms in total. The molecule has 3 heteroatoms. The minimum Gasteiger partial charge on any atom is -0.494 e. The van der Waals surface area contributed by atoms with Crippen LogP contribution in [0, 0.1) is 17.2 Å². The maximum atomic E-state index is 8.70. The molecule has 0 radical (unpaired) electrons. The van der Waals surface area contributed by atoms with Crippen molar-refractivity contribution in [1.82, 2.24) is 4.90 Å². The number of hydrogen-bond donors (Lipinski definition) is 0. The second-order valence-corrected chi connectivity index (χ2v) is 5.23. The highest BCUT2D eigenvalue weighted by Gasteiger charge is 2.46. The van der Waals surface area contributed by atoms with Crippen molar-refractivity contribution in [3.8, 4) is 11.8 Å². The summed E-state index contributed by atoms with van der Waals surface area (Å²) in [4.78, 5) is 2.60. The van der Waals surface area contributed by atoms with Crippen LogP contribution >= 0.6 is 0 Å². The van der Waals surface area contributed by atoms with Crippen molar-refractivity contribution in [3.05, 3.63) is 29.8 Å². The molecular weight excluding hydrogens is 224 g/mol. The maximum Gasteiger partial charge on any atom is 0.119 e. The van der Waals surface area contributed by atoms with Crippen molar-refractivity contribution in [1.29, 1.82) is 5.26 Å². The van der Waals surface area contributed by atoms with Gasteiger partial charge in [0.25, 0.3) is 0 Å². The van der Waals surface area contributed by atoms with Crippen LogP contribution in [0.3, 0.4) is 0 Å². The number of likely N-dealkylation sites (tertiary alicyclic amines) is 1. The van der Waals surface area contributed by atoms with Gasteiger partial charge in [0.15, 0.2) is 0 Å². The predicted molar refractivity (Wildman–Crippen MR) is 69.4 cm³/mol. The highest BCUT2D eigenvalue weighted by molar-refractivity contribution is 5.34. The van der Waals surface area contributed by atoms with Gasteiger partial charge >= 0.3 is 0 Å². The predicted octanol–water partition coefficient (Wildman–Crippen LogP) is 2.42. The Labute approximate surface area is 108 Å². The number of rotatable bonds is 5. The number of piperidine rings is 1. The van der Waals surface area contributed by atoms with Gasteiger partial charge in [-0.15, -0.1) is 0 Å². The molecule has 3 rings (SSSR count). The molecule has 0 amide bonds. The topological polar surface area (TPSA) is 36.3 Å². The average molecular weight is 242 g/mol. The smallest absolute Gasteiger partial charge is 0.119 e. The fourth-order valence-electron chi connectivity index (χ4n) is 2.85. The molecule has 2 atom stereocenters. The second kappa shape index (κ2) is 4.99. The molecule has 2 aliphatic rings. The molecule has 0 N–H and O–H groups in total. The van der Waals surface area contributed by atoms with E-state index in [1.165, 1.54) is 19.4 Å². The molecule has 1 aromatic carbocycles. The first kappa shape index (κ1) is 11.6. The SMILES string of the molecule is N#Cc1ccc(OCCCN2CC[C@@H]3C[C@@H]32)cc1. The molecule has 1 heterocycles. The quantitative estimate of drug-likeness (QED) is 0.744. The molecule has 1 aliphatic heterocycles. The Morgan fingerprint density at radius 1 is 1.33 bits per heavy atom. The van der Waals surface area contributed by atoms with E-state index in [4.69, 9.17) is 10.00 Å². The van der Waals surface area contributed by atoms with E-state index in [-0.39, 0.29) is 0 Å². The van der Waals surface area contributed by atoms with Crippen molar-refractivity contribution in [3.63, 3.8) is 0 Å². The van der Waals surface area contributed by atoms with Crippen LogP contribution in [0.1, 0.15) is 24.8 Å². The van der Waals surface area contributed by atoms with Gasteiger partial charge < -0.3 is 4.74 Å². The number of hydrogen-bond acceptors (Lipinski definition) is 3. The molecule has 1 aromatic rings. The average Bonchev–Trinajstić information content (AvgIpc) is 3.10. The van der Waals surface area contributed by atoms with E-state index in [1.807, 2.05) is 12.1 Å². The van der Waals surface area contributed by atoms with Gasteiger partial charge in [-0.2, -0.15) is 5.26 Å². The van der Waals surface area contributed by atoms with Crippen LogP contribution in [0.15, 0.2) is 24.3 Å². The third-order valence-electron chi connectivity index (χ3n) is 3.98. The summed E-state index contributed by atoms with van der Waals surface area (Å²) in [7, 11) is 0. The standard InChI is InChI=1S/C15H18N2O/c16-11-12-2-4-14(5-3-12)18-9-1-7-17-8-6-13-10-15(13)17/h2-5,13,15H,1,6-10H2/t13-,15+/m1/s1. The van der Waals surface area contributed by atoms with Crippen LogP contribution in [-0.2, 0) is 0 Å². The van der Waals surface area contributed by atoms with Crippen molar-refractivity contribution < 1.29 is 4.74 Å². The molecule has 0 aromatic heterocycles. The van der Waals surface area contributed by atoms with Crippen LogP contribution in [0.4, 0.5) is 0 Å². The summed E-state index contributed by atoms with van der Waals surface area (Å²) >= 11 is 0. The van der Waals surface area contributed by atoms with E-state index < -0.39 is 0 Å². The lowest BCUT2D eigenvalue weighted by atomic mass is 10.2. The minimum atomic E-state index is 0.680. The molecule has 94 valence electrons. The van der Waals surface area contributed by atoms with E-state index in [0.717, 1.165) is 37.3 Å². The summed E-state index contributed by atoms with van der Waals surface area (Å²) in [5.74, 6) is 1.88. The van der Waals surface area contributed by atoms with E-state index in [1.54, 1.807) is 12.1 Å². The Kier molecular flexibility index (Phi) is 3.21. The zero-order valence-electron chi connectivity index (χ0n) is 10.5. The number of ether oxygens (including phenoxy) is 1. The highest BCUT2D eigenvalue weighted by atomic mass is 16.5. The van der Waals surface area contributed by atoms with Crippen molar-refractivity contribution in [2.45, 2.75) is 25.3 Å². The van der Waals surface area contributed by atoms with Gasteiger partial charge in [0.1, 0.15) is 5.75 Å². The first-order chi connectivity index (χ1) is 8.86. The van der Waals surface area contributed by atoms with Gasteiger partial charge in [-0.05, 0) is 56.0 Å². The Morgan fingerprint density at radius 2 is 2.17 bits per heavy atom. The number of nitrogens with zero attached hydrogens (tertiary/aromatic N) is 2. The van der Waals surface area contributed by atoms with Crippen LogP contribution in [0.2, 0.25) is 0 Å². The Bertz CT molecular complexity index is 449. The summed E-state index contributed by atoms with van der Waals surface area (Å²) in [6.07, 6.45) is 3.92. The summed E-state index contributed by atoms with van der Waals surface area (Å²) in [6, 6.07) is 10.3. The van der Waals surface area contributed by atoms with E-state index in [9.17, 15) is 0 Å². The lowest BCUT2D eigenvalue weighted by Crippen LogP contribution is -2.25. The fourth-order valence-corrected chi connectivity index (χ4v) is 2.85. The third-order valence-corrected chi connectivity index (χ3v) is 3.98. The van der Waals surface area contributed by atoms with Crippen molar-refractivity contribution >= 4 is 0 Å². The maximum absolute atomic E-state index is 8.70. The minimum absolute atomic E-state index is 0.680. The first-order valence-corrected chi connectivity index (χ1v) is 6.74. The van der Waals surface area contributed by atoms with Crippen LogP contribution in [0.5, 0.6) is 5.75 Å². The molecule has 1 saturated carbocycles. The van der Waals surface area contributed by atoms with Crippen molar-refractivity contribution in [2.75, 3.05) is 19.7 Å². The Morgan fingerprint density at radius 3 is 2.78 bits per heavy atom. The highest BCUT2D eigenvalue weighted by Crippen LogP contribution is 2.44. The van der Waals surface area contributed by atoms with Crippen LogP contribution < -0.4 is 4.74 Å². The largest absolute Gasteiger partial charge is 0.494 e. The molecule has 0 spiro atoms. The Balaban J connectivity index is 1.37. The van der Waals surface area contributed by atoms with E-state index in [0.29, 0.717) is 5.56 Å². The fraction of sp³-hybridized carbons (Fsp3) is 0.533. The zero-order chi connectivity index (χ0) is 12.4. The summed E-state index contributed by atoms with van der Waals surface area (Å²) in [6.45, 7) is 3.21. The number of fused-ring (bicyclic) bond motifs is 1. The zero-order valence-corrected chi connectivity index (χ0v) is 10.5. The monoisotopic (exact) mass is 242 g/mol. The molecule has 1 aliphatic carbocycles. The van der Waals surface area contributed by atoms with E-state index in [2.05, 4.69) is 11.0 Å². The van der Waals surface area contributed by atoms with Gasteiger partial charge in [0.2, 0.25) is 0 Å². The lowest BCUT2D eigenvalue weighted by Gasteiger charge is -2.17. The molecule has 0 unspecified atom stereocenters. The summed E-state index contributed by atoms with van der Waals surface area (Å²) in [5.41, 5.74) is 0.680. The second-order valence-electron chi connectivity index (χ2n) is 5.23. The van der Waals surface area contributed by atoms with Gasteiger partial charge in [-0.1, -0.05) is 0 Å². The van der Waals surface area contributed by atoms with Crippen LogP contribution in [-0.4, -0.2) is 30.6 Å². The van der Waals surface area contributed by atoms with Gasteiger partial charge in [-0.25, -0.2) is 0 Å². The Hall–Kier alpha value is -1.53. The molecule has 1 saturated heterocycles. The van der Waals surface area contributed by atoms with Gasteiger partial charge in [-0.3, -0.25) is 4.90 Å². The molecular formula is C15H18N2O. The summed E-state index contributed by atoms with van der Waals surface area (Å²) in [5, 5.41) is 8.70. The van der Waals surface area contributed by atoms with Crippen LogP contribution in [0.25, 0.3) is 0 Å². The number of benzene rings is 1. The molecule has 18 heavy (non-hydrogen) atoms.